The number of methoxy groups -OCH3 is 1. The van der Waals surface area contributed by atoms with Crippen LogP contribution in [0, 0.1) is 6.92 Å². The fraction of sp³-hybridized carbons (Fsp3) is 0.250. The first kappa shape index (κ1) is 16.3. The summed E-state index contributed by atoms with van der Waals surface area (Å²) >= 11 is 0. The number of hydrogen-bond donors (Lipinski definition) is 2. The van der Waals surface area contributed by atoms with Crippen LogP contribution in [0.2, 0.25) is 0 Å². The molecular weight excluding hydrogens is 328 g/mol. The Morgan fingerprint density at radius 2 is 2.08 bits per heavy atom. The van der Waals surface area contributed by atoms with Crippen LogP contribution in [0.4, 0.5) is 0 Å². The fourth-order valence-electron chi connectivity index (χ4n) is 3.42. The predicted molar refractivity (Wildman–Crippen MR) is 98.3 cm³/mol. The molecule has 4 rings (SSSR count). The molecule has 3 heterocycles. The van der Waals surface area contributed by atoms with E-state index in [1.54, 1.807) is 13.3 Å². The van der Waals surface area contributed by atoms with Crippen molar-refractivity contribution in [1.29, 1.82) is 0 Å². The summed E-state index contributed by atoms with van der Waals surface area (Å²) in [6.45, 7) is 2.48. The van der Waals surface area contributed by atoms with Crippen LogP contribution in [0.25, 0.3) is 11.4 Å². The lowest BCUT2D eigenvalue weighted by molar-refractivity contribution is 0.0950. The van der Waals surface area contributed by atoms with Gasteiger partial charge in [-0.15, -0.1) is 0 Å². The van der Waals surface area contributed by atoms with E-state index in [0.29, 0.717) is 24.5 Å². The number of carbonyl (C=O) groups excluding carboxylic acids is 1. The highest BCUT2D eigenvalue weighted by Gasteiger charge is 2.27. The second kappa shape index (κ2) is 6.63. The third kappa shape index (κ3) is 2.94. The molecule has 1 aliphatic heterocycles. The Morgan fingerprint density at radius 3 is 2.88 bits per heavy atom. The van der Waals surface area contributed by atoms with E-state index < -0.39 is 0 Å². The van der Waals surface area contributed by atoms with Crippen LogP contribution >= 0.6 is 0 Å². The number of hydrogen-bond acceptors (Lipinski definition) is 4. The van der Waals surface area contributed by atoms with Crippen LogP contribution in [0.5, 0.6) is 5.75 Å². The van der Waals surface area contributed by atoms with E-state index in [4.69, 9.17) is 4.74 Å². The maximum absolute atomic E-state index is 12.5. The maximum atomic E-state index is 12.5. The predicted octanol–water partition coefficient (Wildman–Crippen LogP) is 2.86. The van der Waals surface area contributed by atoms with Gasteiger partial charge in [0.1, 0.15) is 17.3 Å². The Hall–Kier alpha value is -3.15. The maximum Gasteiger partial charge on any atom is 0.271 e. The van der Waals surface area contributed by atoms with Gasteiger partial charge >= 0.3 is 0 Å². The van der Waals surface area contributed by atoms with Gasteiger partial charge in [0.05, 0.1) is 7.11 Å². The molecule has 2 N–H and O–H groups in total. The number of ether oxygens (including phenoxy) is 1. The number of aryl methyl sites for hydroxylation is 1. The van der Waals surface area contributed by atoms with E-state index in [1.807, 2.05) is 43.3 Å². The summed E-state index contributed by atoms with van der Waals surface area (Å²) in [6.07, 6.45) is 2.43. The third-order valence-electron chi connectivity index (χ3n) is 4.70. The molecule has 0 aliphatic carbocycles. The molecule has 0 saturated carbocycles. The van der Waals surface area contributed by atoms with Crippen molar-refractivity contribution in [2.24, 2.45) is 0 Å². The van der Waals surface area contributed by atoms with E-state index in [2.05, 4.69) is 20.3 Å². The lowest BCUT2D eigenvalue weighted by Gasteiger charge is -2.17. The summed E-state index contributed by atoms with van der Waals surface area (Å²) < 4.78 is 5.50. The summed E-state index contributed by atoms with van der Waals surface area (Å²) in [5, 5.41) is 2.99. The van der Waals surface area contributed by atoms with Crippen LogP contribution in [-0.2, 0) is 6.42 Å². The number of pyridine rings is 1. The molecule has 1 aromatic carbocycles. The van der Waals surface area contributed by atoms with Crippen LogP contribution in [0.3, 0.4) is 0 Å². The van der Waals surface area contributed by atoms with Crippen LogP contribution < -0.4 is 10.1 Å². The summed E-state index contributed by atoms with van der Waals surface area (Å²) in [5.41, 5.74) is 4.23. The highest BCUT2D eigenvalue weighted by atomic mass is 16.5. The Labute approximate surface area is 151 Å². The Morgan fingerprint density at radius 1 is 1.23 bits per heavy atom. The number of para-hydroxylation sites is 1. The molecule has 0 spiro atoms. The van der Waals surface area contributed by atoms with E-state index in [1.165, 1.54) is 0 Å². The number of nitrogens with one attached hydrogen (secondary N) is 2. The quantitative estimate of drug-likeness (QED) is 0.763. The van der Waals surface area contributed by atoms with Crippen molar-refractivity contribution in [2.75, 3.05) is 13.7 Å². The minimum Gasteiger partial charge on any atom is -0.496 e. The Balaban J connectivity index is 1.72. The standard InChI is InChI=1S/C20H20N4O2/c1-12-9-13(7-8-21-12)19-23-16-10-14(11-22-20(25)18(16)24-19)15-5-3-4-6-17(15)26-2/h3-9,14H,10-11H2,1-2H3,(H,22,25)(H,23,24). The molecule has 1 amide bonds. The number of rotatable bonds is 3. The van der Waals surface area contributed by atoms with Crippen molar-refractivity contribution in [3.63, 3.8) is 0 Å². The first-order chi connectivity index (χ1) is 12.7. The van der Waals surface area contributed by atoms with Gasteiger partial charge < -0.3 is 15.0 Å². The largest absolute Gasteiger partial charge is 0.496 e. The Kier molecular flexibility index (Phi) is 4.16. The minimum absolute atomic E-state index is 0.115. The van der Waals surface area contributed by atoms with Gasteiger partial charge in [-0.1, -0.05) is 18.2 Å². The first-order valence-corrected chi connectivity index (χ1v) is 8.58. The molecule has 0 radical (unpaired) electrons. The topological polar surface area (TPSA) is 79.9 Å². The van der Waals surface area contributed by atoms with Crippen molar-refractivity contribution in [2.45, 2.75) is 19.3 Å². The highest BCUT2D eigenvalue weighted by molar-refractivity contribution is 5.94. The molecule has 0 fully saturated rings. The van der Waals surface area contributed by atoms with Crippen molar-refractivity contribution in [3.8, 4) is 17.1 Å². The zero-order valence-electron chi connectivity index (χ0n) is 14.7. The van der Waals surface area contributed by atoms with Crippen molar-refractivity contribution < 1.29 is 9.53 Å². The average molecular weight is 348 g/mol. The number of aromatic amines is 1. The number of H-pyrrole nitrogens is 1. The average Bonchev–Trinajstić information content (AvgIpc) is 3.02. The summed E-state index contributed by atoms with van der Waals surface area (Å²) in [7, 11) is 1.67. The zero-order chi connectivity index (χ0) is 18.1. The molecule has 26 heavy (non-hydrogen) atoms. The van der Waals surface area contributed by atoms with E-state index in [0.717, 1.165) is 28.3 Å². The van der Waals surface area contributed by atoms with Gasteiger partial charge in [0, 0.05) is 35.6 Å². The molecule has 3 aromatic rings. The molecule has 1 unspecified atom stereocenters. The lowest BCUT2D eigenvalue weighted by atomic mass is 9.93. The second-order valence-corrected chi connectivity index (χ2v) is 6.45. The molecule has 1 atom stereocenters. The molecule has 6 nitrogen and oxygen atoms in total. The molecule has 1 aliphatic rings. The number of aromatic nitrogens is 3. The van der Waals surface area contributed by atoms with Gasteiger partial charge in [-0.25, -0.2) is 4.98 Å². The van der Waals surface area contributed by atoms with Crippen LogP contribution in [-0.4, -0.2) is 34.5 Å². The molecule has 6 heteroatoms. The normalized spacial score (nSPS) is 16.5. The van der Waals surface area contributed by atoms with E-state index in [-0.39, 0.29) is 11.8 Å². The Bertz CT molecular complexity index is 964. The van der Waals surface area contributed by atoms with Gasteiger partial charge in [0.2, 0.25) is 0 Å². The molecule has 0 bridgehead atoms. The summed E-state index contributed by atoms with van der Waals surface area (Å²) in [5.74, 6) is 1.49. The number of carbonyl (C=O) groups is 1. The van der Waals surface area contributed by atoms with Crippen molar-refractivity contribution >= 4 is 5.91 Å². The summed E-state index contributed by atoms with van der Waals surface area (Å²) in [4.78, 5) is 24.6. The smallest absolute Gasteiger partial charge is 0.271 e. The van der Waals surface area contributed by atoms with Gasteiger partial charge in [-0.05, 0) is 37.1 Å². The minimum atomic E-state index is -0.148. The molecular formula is C20H20N4O2. The number of nitrogens with zero attached hydrogens (tertiary/aromatic N) is 2. The van der Waals surface area contributed by atoms with Gasteiger partial charge in [-0.2, -0.15) is 0 Å². The first-order valence-electron chi connectivity index (χ1n) is 8.58. The fourth-order valence-corrected chi connectivity index (χ4v) is 3.42. The number of amides is 1. The number of benzene rings is 1. The SMILES string of the molecule is COc1ccccc1C1CNC(=O)c2nc(-c3ccnc(C)c3)[nH]c2C1. The van der Waals surface area contributed by atoms with Gasteiger partial charge in [0.25, 0.3) is 5.91 Å². The zero-order valence-corrected chi connectivity index (χ0v) is 14.7. The van der Waals surface area contributed by atoms with Crippen molar-refractivity contribution in [3.05, 3.63) is 65.2 Å². The molecule has 132 valence electrons. The highest BCUT2D eigenvalue weighted by Crippen LogP contribution is 2.31. The summed E-state index contributed by atoms with van der Waals surface area (Å²) in [6, 6.07) is 11.8. The van der Waals surface area contributed by atoms with Crippen molar-refractivity contribution in [1.82, 2.24) is 20.3 Å². The van der Waals surface area contributed by atoms with E-state index in [9.17, 15) is 4.79 Å². The second-order valence-electron chi connectivity index (χ2n) is 6.45. The van der Waals surface area contributed by atoms with E-state index >= 15 is 0 Å². The van der Waals surface area contributed by atoms with Crippen LogP contribution in [0.15, 0.2) is 42.6 Å². The van der Waals surface area contributed by atoms with Gasteiger partial charge in [0.15, 0.2) is 0 Å². The number of imidazole rings is 1. The van der Waals surface area contributed by atoms with Crippen LogP contribution in [0.1, 0.15) is 33.4 Å². The monoisotopic (exact) mass is 348 g/mol. The lowest BCUT2D eigenvalue weighted by Crippen LogP contribution is -2.26. The molecule has 0 saturated heterocycles. The third-order valence-corrected chi connectivity index (χ3v) is 4.70. The molecule has 2 aromatic heterocycles. The van der Waals surface area contributed by atoms with Gasteiger partial charge in [-0.3, -0.25) is 9.78 Å². The number of fused-ring (bicyclic) bond motifs is 1.